The van der Waals surface area contributed by atoms with Crippen LogP contribution < -0.4 is 0 Å². The van der Waals surface area contributed by atoms with Crippen molar-refractivity contribution < 1.29 is 0 Å². The number of hydrogen-bond donors (Lipinski definition) is 0. The van der Waals surface area contributed by atoms with Gasteiger partial charge in [0.1, 0.15) is 0 Å². The van der Waals surface area contributed by atoms with Gasteiger partial charge in [-0.1, -0.05) is 30.3 Å². The first-order chi connectivity index (χ1) is 6.95. The Balaban J connectivity index is 2.61. The van der Waals surface area contributed by atoms with Crippen molar-refractivity contribution >= 4 is 21.5 Å². The number of nitrogens with zero attached hydrogens (tertiary/aromatic N) is 1. The zero-order valence-electron chi connectivity index (χ0n) is 7.57. The third-order valence-corrected chi connectivity index (χ3v) is 2.45. The normalized spacial score (nSPS) is 10.9. The minimum Gasteiger partial charge on any atom is -0.264 e. The van der Waals surface area contributed by atoms with Crippen molar-refractivity contribution in [2.45, 2.75) is 0 Å². The van der Waals surface area contributed by atoms with E-state index in [9.17, 15) is 0 Å². The second kappa shape index (κ2) is 2.81. The zero-order chi connectivity index (χ0) is 9.38. The predicted molar refractivity (Wildman–Crippen MR) is 58.1 cm³/mol. The Morgan fingerprint density at radius 1 is 1.00 bits per heavy atom. The first-order valence-electron chi connectivity index (χ1n) is 4.58. The monoisotopic (exact) mass is 178 g/mol. The molecule has 1 heteroatoms. The molecule has 0 aliphatic heterocycles. The van der Waals surface area contributed by atoms with Crippen LogP contribution in [0.3, 0.4) is 0 Å². The van der Waals surface area contributed by atoms with Crippen LogP contribution in [0, 0.1) is 6.07 Å². The Morgan fingerprint density at radius 2 is 1.93 bits per heavy atom. The molecule has 3 rings (SSSR count). The largest absolute Gasteiger partial charge is 0.264 e. The maximum atomic E-state index is 4.14. The zero-order valence-corrected chi connectivity index (χ0v) is 7.57. The number of fused-ring (bicyclic) bond motifs is 3. The first kappa shape index (κ1) is 7.51. The van der Waals surface area contributed by atoms with Gasteiger partial charge in [0.2, 0.25) is 0 Å². The fraction of sp³-hybridized carbons (Fsp3) is 0. The molecule has 0 unspecified atom stereocenters. The standard InChI is InChI=1S/C13H8N/c1-2-4-12-10(3-1)5-6-11-7-8-14-9-13(11)12/h1-3,5-9H. The van der Waals surface area contributed by atoms with Gasteiger partial charge in [-0.15, -0.1) is 0 Å². The molecule has 0 atom stereocenters. The molecule has 0 fully saturated rings. The van der Waals surface area contributed by atoms with Crippen molar-refractivity contribution in [3.05, 3.63) is 54.9 Å². The van der Waals surface area contributed by atoms with Crippen LogP contribution in [0.15, 0.2) is 48.8 Å². The van der Waals surface area contributed by atoms with E-state index in [1.165, 1.54) is 16.2 Å². The summed E-state index contributed by atoms with van der Waals surface area (Å²) in [5.41, 5.74) is 0. The van der Waals surface area contributed by atoms with Gasteiger partial charge in [-0.05, 0) is 28.3 Å². The predicted octanol–water partition coefficient (Wildman–Crippen LogP) is 3.19. The molecule has 0 aliphatic rings. The van der Waals surface area contributed by atoms with Gasteiger partial charge in [-0.2, -0.15) is 0 Å². The maximum absolute atomic E-state index is 4.14. The minimum absolute atomic E-state index is 1.15. The lowest BCUT2D eigenvalue weighted by atomic mass is 10.0. The van der Waals surface area contributed by atoms with Crippen LogP contribution in [-0.4, -0.2) is 4.98 Å². The Kier molecular flexibility index (Phi) is 1.51. The summed E-state index contributed by atoms with van der Waals surface area (Å²) >= 11 is 0. The van der Waals surface area contributed by atoms with Crippen LogP contribution in [0.25, 0.3) is 21.5 Å². The van der Waals surface area contributed by atoms with Crippen molar-refractivity contribution in [2.75, 3.05) is 0 Å². The highest BCUT2D eigenvalue weighted by atomic mass is 14.6. The molecule has 2 aromatic carbocycles. The van der Waals surface area contributed by atoms with E-state index in [1.54, 1.807) is 0 Å². The first-order valence-corrected chi connectivity index (χ1v) is 4.58. The molecule has 0 amide bonds. The Morgan fingerprint density at radius 3 is 2.93 bits per heavy atom. The smallest absolute Gasteiger partial charge is 0.0352 e. The van der Waals surface area contributed by atoms with E-state index in [0.29, 0.717) is 0 Å². The summed E-state index contributed by atoms with van der Waals surface area (Å²) in [7, 11) is 0. The van der Waals surface area contributed by atoms with Crippen LogP contribution in [0.1, 0.15) is 0 Å². The number of pyridine rings is 1. The van der Waals surface area contributed by atoms with Crippen LogP contribution in [0.5, 0.6) is 0 Å². The fourth-order valence-electron chi connectivity index (χ4n) is 1.76. The molecule has 0 saturated carbocycles. The highest BCUT2D eigenvalue weighted by Crippen LogP contribution is 2.23. The molecule has 0 spiro atoms. The van der Waals surface area contributed by atoms with Gasteiger partial charge in [0.25, 0.3) is 0 Å². The van der Waals surface area contributed by atoms with Gasteiger partial charge in [0.05, 0.1) is 0 Å². The lowest BCUT2D eigenvalue weighted by molar-refractivity contribution is 1.37. The van der Waals surface area contributed by atoms with Crippen molar-refractivity contribution in [1.29, 1.82) is 0 Å². The average Bonchev–Trinajstić information content (AvgIpc) is 2.29. The van der Waals surface area contributed by atoms with Gasteiger partial charge in [0, 0.05) is 17.8 Å². The van der Waals surface area contributed by atoms with E-state index in [0.717, 1.165) is 5.39 Å². The van der Waals surface area contributed by atoms with Gasteiger partial charge >= 0.3 is 0 Å². The van der Waals surface area contributed by atoms with E-state index in [-0.39, 0.29) is 0 Å². The fourth-order valence-corrected chi connectivity index (χ4v) is 1.76. The van der Waals surface area contributed by atoms with Crippen LogP contribution >= 0.6 is 0 Å². The van der Waals surface area contributed by atoms with E-state index < -0.39 is 0 Å². The van der Waals surface area contributed by atoms with Crippen molar-refractivity contribution in [3.8, 4) is 0 Å². The second-order valence-electron chi connectivity index (χ2n) is 3.30. The number of rotatable bonds is 0. The molecule has 1 radical (unpaired) electrons. The Hall–Kier alpha value is -1.89. The quantitative estimate of drug-likeness (QED) is 0.482. The summed E-state index contributed by atoms with van der Waals surface area (Å²) < 4.78 is 0. The lowest BCUT2D eigenvalue weighted by Gasteiger charge is -2.01. The van der Waals surface area contributed by atoms with Crippen molar-refractivity contribution in [3.63, 3.8) is 0 Å². The lowest BCUT2D eigenvalue weighted by Crippen LogP contribution is -1.78. The third kappa shape index (κ3) is 0.990. The average molecular weight is 178 g/mol. The summed E-state index contributed by atoms with van der Waals surface area (Å²) in [4.78, 5) is 4.14. The maximum Gasteiger partial charge on any atom is 0.0352 e. The molecule has 65 valence electrons. The highest BCUT2D eigenvalue weighted by Gasteiger charge is 1.98. The molecule has 0 bridgehead atoms. The van der Waals surface area contributed by atoms with E-state index in [2.05, 4.69) is 29.2 Å². The molecule has 1 aromatic heterocycles. The molecule has 0 aliphatic carbocycles. The third-order valence-electron chi connectivity index (χ3n) is 2.45. The molecule has 0 saturated heterocycles. The van der Waals surface area contributed by atoms with Gasteiger partial charge in [-0.25, -0.2) is 0 Å². The molecule has 3 aromatic rings. The highest BCUT2D eigenvalue weighted by molar-refractivity contribution is 6.06. The van der Waals surface area contributed by atoms with Crippen molar-refractivity contribution in [1.82, 2.24) is 4.98 Å². The molecular weight excluding hydrogens is 170 g/mol. The van der Waals surface area contributed by atoms with Crippen LogP contribution in [-0.2, 0) is 0 Å². The Bertz CT molecular complexity index is 544. The second-order valence-corrected chi connectivity index (χ2v) is 3.30. The van der Waals surface area contributed by atoms with E-state index >= 15 is 0 Å². The summed E-state index contributed by atoms with van der Waals surface area (Å²) in [6.07, 6.45) is 3.71. The number of hydrogen-bond acceptors (Lipinski definition) is 1. The van der Waals surface area contributed by atoms with Crippen LogP contribution in [0.2, 0.25) is 0 Å². The Labute approximate surface area is 82.0 Å². The molecule has 1 heterocycles. The number of benzene rings is 2. The number of aromatic nitrogens is 1. The molecule has 14 heavy (non-hydrogen) atoms. The molecular formula is C13H8N. The minimum atomic E-state index is 1.15. The van der Waals surface area contributed by atoms with Gasteiger partial charge in [0.15, 0.2) is 0 Å². The summed E-state index contributed by atoms with van der Waals surface area (Å²) in [5, 5.41) is 4.76. The van der Waals surface area contributed by atoms with Crippen molar-refractivity contribution in [2.24, 2.45) is 0 Å². The summed E-state index contributed by atoms with van der Waals surface area (Å²) in [5.74, 6) is 0. The molecule has 1 nitrogen and oxygen atoms in total. The van der Waals surface area contributed by atoms with E-state index in [4.69, 9.17) is 0 Å². The van der Waals surface area contributed by atoms with Crippen LogP contribution in [0.4, 0.5) is 0 Å². The topological polar surface area (TPSA) is 12.9 Å². The van der Waals surface area contributed by atoms with E-state index in [1.807, 2.05) is 30.6 Å². The SMILES string of the molecule is [c]1cccc2ccc3ccncc3c12. The summed E-state index contributed by atoms with van der Waals surface area (Å²) in [6, 6.07) is 15.6. The summed E-state index contributed by atoms with van der Waals surface area (Å²) in [6.45, 7) is 0. The van der Waals surface area contributed by atoms with Gasteiger partial charge < -0.3 is 0 Å². The molecule has 0 N–H and O–H groups in total. The van der Waals surface area contributed by atoms with Gasteiger partial charge in [-0.3, -0.25) is 4.98 Å².